The van der Waals surface area contributed by atoms with E-state index in [0.717, 1.165) is 17.8 Å². The standard InChI is InChI=1S/C12H22/c1-10-5-4-8-11-6-2-3-7-12(11)9-10/h10-12H,2-9H2,1H3. The van der Waals surface area contributed by atoms with E-state index in [2.05, 4.69) is 6.92 Å². The van der Waals surface area contributed by atoms with E-state index < -0.39 is 0 Å². The van der Waals surface area contributed by atoms with E-state index in [4.69, 9.17) is 0 Å². The fraction of sp³-hybridized carbons (Fsp3) is 1.00. The lowest BCUT2D eigenvalue weighted by atomic mass is 9.76. The molecule has 2 fully saturated rings. The van der Waals surface area contributed by atoms with Gasteiger partial charge < -0.3 is 0 Å². The van der Waals surface area contributed by atoms with Gasteiger partial charge in [-0.25, -0.2) is 0 Å². The normalized spacial score (nSPS) is 43.2. The molecule has 2 aliphatic rings. The Morgan fingerprint density at radius 1 is 0.750 bits per heavy atom. The fourth-order valence-corrected chi connectivity index (χ4v) is 3.34. The van der Waals surface area contributed by atoms with E-state index in [1.54, 1.807) is 25.7 Å². The predicted molar refractivity (Wildman–Crippen MR) is 53.1 cm³/mol. The Balaban J connectivity index is 1.96. The van der Waals surface area contributed by atoms with Gasteiger partial charge in [-0.3, -0.25) is 0 Å². The second-order valence-corrected chi connectivity index (χ2v) is 5.08. The van der Waals surface area contributed by atoms with Crippen LogP contribution in [0.4, 0.5) is 0 Å². The fourth-order valence-electron chi connectivity index (χ4n) is 3.34. The summed E-state index contributed by atoms with van der Waals surface area (Å²) in [6, 6.07) is 0. The molecule has 0 amide bonds. The maximum absolute atomic E-state index is 2.46. The zero-order valence-corrected chi connectivity index (χ0v) is 8.39. The minimum Gasteiger partial charge on any atom is -0.0625 e. The molecule has 0 bridgehead atoms. The van der Waals surface area contributed by atoms with Crippen LogP contribution >= 0.6 is 0 Å². The molecule has 0 aliphatic heterocycles. The van der Waals surface area contributed by atoms with Gasteiger partial charge in [0.1, 0.15) is 0 Å². The third-order valence-corrected chi connectivity index (χ3v) is 4.04. The Morgan fingerprint density at radius 3 is 2.25 bits per heavy atom. The Labute approximate surface area is 76.7 Å². The average molecular weight is 166 g/mol. The summed E-state index contributed by atoms with van der Waals surface area (Å²) in [5.74, 6) is 3.28. The Kier molecular flexibility index (Phi) is 2.73. The van der Waals surface area contributed by atoms with Crippen molar-refractivity contribution in [3.63, 3.8) is 0 Å². The summed E-state index contributed by atoms with van der Waals surface area (Å²) in [4.78, 5) is 0. The first-order valence-electron chi connectivity index (χ1n) is 5.86. The predicted octanol–water partition coefficient (Wildman–Crippen LogP) is 4.00. The van der Waals surface area contributed by atoms with Gasteiger partial charge in [0, 0.05) is 0 Å². The van der Waals surface area contributed by atoms with Gasteiger partial charge in [-0.2, -0.15) is 0 Å². The van der Waals surface area contributed by atoms with Crippen molar-refractivity contribution in [2.45, 2.75) is 58.3 Å². The van der Waals surface area contributed by atoms with Crippen molar-refractivity contribution in [3.05, 3.63) is 0 Å². The van der Waals surface area contributed by atoms with Crippen molar-refractivity contribution >= 4 is 0 Å². The highest BCUT2D eigenvalue weighted by Gasteiger charge is 2.28. The lowest BCUT2D eigenvalue weighted by molar-refractivity contribution is 0.212. The van der Waals surface area contributed by atoms with Gasteiger partial charge in [-0.1, -0.05) is 51.9 Å². The summed E-state index contributed by atoms with van der Waals surface area (Å²) in [6.45, 7) is 2.46. The van der Waals surface area contributed by atoms with Crippen LogP contribution in [0, 0.1) is 17.8 Å². The van der Waals surface area contributed by atoms with Gasteiger partial charge in [0.2, 0.25) is 0 Å². The molecule has 0 radical (unpaired) electrons. The van der Waals surface area contributed by atoms with E-state index in [9.17, 15) is 0 Å². The van der Waals surface area contributed by atoms with E-state index in [1.165, 1.54) is 25.7 Å². The maximum atomic E-state index is 2.46. The van der Waals surface area contributed by atoms with Crippen molar-refractivity contribution in [2.75, 3.05) is 0 Å². The smallest absolute Gasteiger partial charge is 0.0383 e. The highest BCUT2D eigenvalue weighted by atomic mass is 14.3. The van der Waals surface area contributed by atoms with Gasteiger partial charge in [0.25, 0.3) is 0 Å². The summed E-state index contributed by atoms with van der Waals surface area (Å²) in [7, 11) is 0. The number of hydrogen-bond acceptors (Lipinski definition) is 0. The molecule has 0 nitrogen and oxygen atoms in total. The first kappa shape index (κ1) is 8.59. The van der Waals surface area contributed by atoms with Crippen LogP contribution in [0.3, 0.4) is 0 Å². The molecular formula is C12H22. The summed E-state index contributed by atoms with van der Waals surface area (Å²) in [6.07, 6.45) is 12.3. The van der Waals surface area contributed by atoms with Gasteiger partial charge in [0.05, 0.1) is 0 Å². The molecule has 3 atom stereocenters. The van der Waals surface area contributed by atoms with Gasteiger partial charge in [0.15, 0.2) is 0 Å². The molecule has 0 heteroatoms. The van der Waals surface area contributed by atoms with Crippen LogP contribution in [-0.2, 0) is 0 Å². The molecule has 12 heavy (non-hydrogen) atoms. The Hall–Kier alpha value is 0. The first-order valence-corrected chi connectivity index (χ1v) is 5.86. The zero-order chi connectivity index (χ0) is 8.39. The van der Waals surface area contributed by atoms with E-state index in [0.29, 0.717) is 0 Å². The summed E-state index contributed by atoms with van der Waals surface area (Å²) in [5.41, 5.74) is 0. The molecule has 70 valence electrons. The Morgan fingerprint density at radius 2 is 1.42 bits per heavy atom. The summed E-state index contributed by atoms with van der Waals surface area (Å²) < 4.78 is 0. The van der Waals surface area contributed by atoms with Crippen molar-refractivity contribution in [1.29, 1.82) is 0 Å². The van der Waals surface area contributed by atoms with Crippen molar-refractivity contribution in [3.8, 4) is 0 Å². The van der Waals surface area contributed by atoms with E-state index >= 15 is 0 Å². The van der Waals surface area contributed by atoms with Crippen LogP contribution in [0.15, 0.2) is 0 Å². The topological polar surface area (TPSA) is 0 Å². The van der Waals surface area contributed by atoms with Gasteiger partial charge in [-0.15, -0.1) is 0 Å². The largest absolute Gasteiger partial charge is 0.0625 e. The SMILES string of the molecule is CC1CCCC2CCCCC2C1. The third-order valence-electron chi connectivity index (χ3n) is 4.04. The highest BCUT2D eigenvalue weighted by Crippen LogP contribution is 2.40. The maximum Gasteiger partial charge on any atom is -0.0383 e. The van der Waals surface area contributed by atoms with Gasteiger partial charge in [-0.05, 0) is 24.2 Å². The molecule has 2 aliphatic carbocycles. The summed E-state index contributed by atoms with van der Waals surface area (Å²) in [5, 5.41) is 0. The van der Waals surface area contributed by atoms with E-state index in [1.807, 2.05) is 0 Å². The van der Waals surface area contributed by atoms with Crippen molar-refractivity contribution in [2.24, 2.45) is 17.8 Å². The molecular weight excluding hydrogens is 144 g/mol. The lowest BCUT2D eigenvalue weighted by Crippen LogP contribution is -2.18. The van der Waals surface area contributed by atoms with Crippen LogP contribution in [0.5, 0.6) is 0 Å². The third kappa shape index (κ3) is 1.84. The first-order chi connectivity index (χ1) is 5.86. The minimum absolute atomic E-state index is 1.03. The molecule has 3 unspecified atom stereocenters. The quantitative estimate of drug-likeness (QED) is 0.510. The molecule has 2 saturated carbocycles. The van der Waals surface area contributed by atoms with Crippen LogP contribution in [-0.4, -0.2) is 0 Å². The molecule has 0 heterocycles. The zero-order valence-electron chi connectivity index (χ0n) is 8.39. The highest BCUT2D eigenvalue weighted by molar-refractivity contribution is 4.79. The number of rotatable bonds is 0. The number of fused-ring (bicyclic) bond motifs is 1. The molecule has 0 spiro atoms. The molecule has 0 N–H and O–H groups in total. The van der Waals surface area contributed by atoms with Crippen LogP contribution in [0.25, 0.3) is 0 Å². The van der Waals surface area contributed by atoms with E-state index in [-0.39, 0.29) is 0 Å². The molecule has 0 aromatic carbocycles. The number of hydrogen-bond donors (Lipinski definition) is 0. The lowest BCUT2D eigenvalue weighted by Gasteiger charge is -2.30. The minimum atomic E-state index is 1.03. The van der Waals surface area contributed by atoms with Gasteiger partial charge >= 0.3 is 0 Å². The van der Waals surface area contributed by atoms with Crippen LogP contribution < -0.4 is 0 Å². The molecule has 0 aromatic rings. The van der Waals surface area contributed by atoms with Crippen LogP contribution in [0.2, 0.25) is 0 Å². The summed E-state index contributed by atoms with van der Waals surface area (Å²) >= 11 is 0. The second kappa shape index (κ2) is 3.81. The monoisotopic (exact) mass is 166 g/mol. The molecule has 0 aromatic heterocycles. The van der Waals surface area contributed by atoms with Crippen molar-refractivity contribution < 1.29 is 0 Å². The molecule has 2 rings (SSSR count). The Bertz CT molecular complexity index is 139. The molecule has 0 saturated heterocycles. The van der Waals surface area contributed by atoms with Crippen molar-refractivity contribution in [1.82, 2.24) is 0 Å². The average Bonchev–Trinajstić information content (AvgIpc) is 2.25. The second-order valence-electron chi connectivity index (χ2n) is 5.08. The van der Waals surface area contributed by atoms with Crippen LogP contribution in [0.1, 0.15) is 58.3 Å².